The lowest BCUT2D eigenvalue weighted by molar-refractivity contribution is 0.412. The monoisotopic (exact) mass is 382 g/mol. The lowest BCUT2D eigenvalue weighted by Gasteiger charge is -2.20. The average Bonchev–Trinajstić information content (AvgIpc) is 2.54. The first-order chi connectivity index (χ1) is 11.7. The molecule has 0 aliphatic carbocycles. The van der Waals surface area contributed by atoms with Crippen LogP contribution in [0.5, 0.6) is 0 Å². The molecule has 0 atom stereocenters. The van der Waals surface area contributed by atoms with Crippen LogP contribution < -0.4 is 4.72 Å². The van der Waals surface area contributed by atoms with Gasteiger partial charge in [0.05, 0.1) is 11.2 Å². The molecule has 2 aromatic carbocycles. The molecular weight excluding hydrogens is 360 g/mol. The van der Waals surface area contributed by atoms with Crippen molar-refractivity contribution >= 4 is 20.0 Å². The molecule has 2 aromatic rings. The van der Waals surface area contributed by atoms with Crippen LogP contribution in [0.3, 0.4) is 0 Å². The second-order valence-electron chi connectivity index (χ2n) is 5.79. The van der Waals surface area contributed by atoms with E-state index in [9.17, 15) is 16.8 Å². The molecule has 0 heterocycles. The molecule has 8 heteroatoms. The predicted molar refractivity (Wildman–Crippen MR) is 98.1 cm³/mol. The minimum atomic E-state index is -3.66. The number of hydrogen-bond acceptors (Lipinski definition) is 4. The van der Waals surface area contributed by atoms with Crippen molar-refractivity contribution in [3.63, 3.8) is 0 Å². The smallest absolute Gasteiger partial charge is 0.212 e. The molecule has 0 saturated heterocycles. The van der Waals surface area contributed by atoms with Gasteiger partial charge in [-0.15, -0.1) is 0 Å². The van der Waals surface area contributed by atoms with Crippen molar-refractivity contribution in [2.75, 3.05) is 19.3 Å². The number of sulfonamides is 2. The molecule has 2 rings (SSSR count). The molecule has 0 spiro atoms. The molecule has 0 radical (unpaired) electrons. The molecule has 136 valence electrons. The summed E-state index contributed by atoms with van der Waals surface area (Å²) >= 11 is 0. The number of hydrogen-bond donors (Lipinski definition) is 1. The van der Waals surface area contributed by atoms with Crippen molar-refractivity contribution in [1.29, 1.82) is 0 Å². The van der Waals surface area contributed by atoms with E-state index in [4.69, 9.17) is 0 Å². The summed E-state index contributed by atoms with van der Waals surface area (Å²) in [4.78, 5) is 0.159. The average molecular weight is 383 g/mol. The number of nitrogens with zero attached hydrogens (tertiary/aromatic N) is 1. The van der Waals surface area contributed by atoms with Gasteiger partial charge in [0.1, 0.15) is 0 Å². The standard InChI is InChI=1S/C17H22N2O4S2/c1-15-8-10-17(11-9-15)25(22,23)18-12-13-19(24(2,20)21)14-16-6-4-3-5-7-16/h3-11,18H,12-14H2,1-2H3. The molecular formula is C17H22N2O4S2. The Morgan fingerprint density at radius 2 is 1.52 bits per heavy atom. The van der Waals surface area contributed by atoms with Crippen molar-refractivity contribution in [2.24, 2.45) is 0 Å². The summed E-state index contributed by atoms with van der Waals surface area (Å²) in [5.74, 6) is 0. The molecule has 1 N–H and O–H groups in total. The Balaban J connectivity index is 2.02. The van der Waals surface area contributed by atoms with E-state index in [1.807, 2.05) is 37.3 Å². The van der Waals surface area contributed by atoms with Gasteiger partial charge in [0.15, 0.2) is 0 Å². The summed E-state index contributed by atoms with van der Waals surface area (Å²) in [5, 5.41) is 0. The molecule has 0 amide bonds. The molecule has 0 saturated carbocycles. The number of benzene rings is 2. The molecule has 0 aromatic heterocycles. The third-order valence-electron chi connectivity index (χ3n) is 3.66. The molecule has 0 bridgehead atoms. The highest BCUT2D eigenvalue weighted by Crippen LogP contribution is 2.11. The first-order valence-corrected chi connectivity index (χ1v) is 11.1. The molecule has 0 fully saturated rings. The van der Waals surface area contributed by atoms with Gasteiger partial charge in [0, 0.05) is 19.6 Å². The summed E-state index contributed by atoms with van der Waals surface area (Å²) in [5.41, 5.74) is 1.80. The van der Waals surface area contributed by atoms with Crippen LogP contribution in [-0.4, -0.2) is 40.5 Å². The number of aryl methyl sites for hydroxylation is 1. The Kier molecular flexibility index (Phi) is 6.34. The third kappa shape index (κ3) is 5.93. The summed E-state index contributed by atoms with van der Waals surface area (Å²) in [6, 6.07) is 15.6. The van der Waals surface area contributed by atoms with Crippen LogP contribution in [-0.2, 0) is 26.6 Å². The Hall–Kier alpha value is -1.74. The highest BCUT2D eigenvalue weighted by atomic mass is 32.2. The zero-order chi connectivity index (χ0) is 18.5. The van der Waals surface area contributed by atoms with E-state index in [-0.39, 0.29) is 24.5 Å². The Bertz CT molecular complexity index is 893. The highest BCUT2D eigenvalue weighted by molar-refractivity contribution is 7.89. The number of nitrogens with one attached hydrogen (secondary N) is 1. The first kappa shape index (κ1) is 19.6. The third-order valence-corrected chi connectivity index (χ3v) is 6.38. The lowest BCUT2D eigenvalue weighted by Crippen LogP contribution is -2.37. The molecule has 25 heavy (non-hydrogen) atoms. The minimum absolute atomic E-state index is 0.00386. The van der Waals surface area contributed by atoms with E-state index < -0.39 is 20.0 Å². The van der Waals surface area contributed by atoms with Crippen molar-refractivity contribution in [2.45, 2.75) is 18.4 Å². The van der Waals surface area contributed by atoms with Crippen LogP contribution in [0.2, 0.25) is 0 Å². The van der Waals surface area contributed by atoms with Gasteiger partial charge in [-0.1, -0.05) is 48.0 Å². The van der Waals surface area contributed by atoms with Crippen LogP contribution in [0, 0.1) is 6.92 Å². The summed E-state index contributed by atoms with van der Waals surface area (Å²) in [7, 11) is -7.12. The summed E-state index contributed by atoms with van der Waals surface area (Å²) < 4.78 is 52.1. The van der Waals surface area contributed by atoms with Crippen molar-refractivity contribution in [3.8, 4) is 0 Å². The molecule has 0 unspecified atom stereocenters. The Morgan fingerprint density at radius 1 is 0.920 bits per heavy atom. The maximum atomic E-state index is 12.3. The lowest BCUT2D eigenvalue weighted by atomic mass is 10.2. The van der Waals surface area contributed by atoms with Gasteiger partial charge >= 0.3 is 0 Å². The maximum Gasteiger partial charge on any atom is 0.240 e. The van der Waals surface area contributed by atoms with Crippen LogP contribution in [0.4, 0.5) is 0 Å². The SMILES string of the molecule is Cc1ccc(S(=O)(=O)NCCN(Cc2ccccc2)S(C)(=O)=O)cc1. The Morgan fingerprint density at radius 3 is 2.08 bits per heavy atom. The summed E-state index contributed by atoms with van der Waals surface area (Å²) in [6.07, 6.45) is 1.12. The van der Waals surface area contributed by atoms with E-state index in [1.54, 1.807) is 12.1 Å². The van der Waals surface area contributed by atoms with Gasteiger partial charge in [0.2, 0.25) is 20.0 Å². The van der Waals surface area contributed by atoms with Gasteiger partial charge in [-0.2, -0.15) is 4.31 Å². The largest absolute Gasteiger partial charge is 0.240 e. The van der Waals surface area contributed by atoms with Gasteiger partial charge in [-0.05, 0) is 24.6 Å². The van der Waals surface area contributed by atoms with Crippen LogP contribution >= 0.6 is 0 Å². The van der Waals surface area contributed by atoms with E-state index in [2.05, 4.69) is 4.72 Å². The molecule has 0 aliphatic heterocycles. The first-order valence-electron chi connectivity index (χ1n) is 7.74. The maximum absolute atomic E-state index is 12.3. The van der Waals surface area contributed by atoms with Gasteiger partial charge in [-0.25, -0.2) is 21.6 Å². The van der Waals surface area contributed by atoms with Crippen molar-refractivity contribution in [1.82, 2.24) is 9.03 Å². The van der Waals surface area contributed by atoms with Crippen molar-refractivity contribution in [3.05, 3.63) is 65.7 Å². The zero-order valence-electron chi connectivity index (χ0n) is 14.2. The van der Waals surface area contributed by atoms with Crippen LogP contribution in [0.15, 0.2) is 59.5 Å². The van der Waals surface area contributed by atoms with Gasteiger partial charge < -0.3 is 0 Å². The van der Waals surface area contributed by atoms with E-state index in [0.29, 0.717) is 0 Å². The highest BCUT2D eigenvalue weighted by Gasteiger charge is 2.19. The second-order valence-corrected chi connectivity index (χ2v) is 9.54. The molecule has 0 aliphatic rings. The Labute approximate surface area is 149 Å². The van der Waals surface area contributed by atoms with Gasteiger partial charge in [-0.3, -0.25) is 0 Å². The van der Waals surface area contributed by atoms with E-state index >= 15 is 0 Å². The fourth-order valence-electron chi connectivity index (χ4n) is 2.25. The van der Waals surface area contributed by atoms with E-state index in [0.717, 1.165) is 17.4 Å². The normalized spacial score (nSPS) is 12.4. The quantitative estimate of drug-likeness (QED) is 0.754. The second kappa shape index (κ2) is 8.09. The van der Waals surface area contributed by atoms with E-state index in [1.165, 1.54) is 16.4 Å². The topological polar surface area (TPSA) is 83.6 Å². The minimum Gasteiger partial charge on any atom is -0.212 e. The van der Waals surface area contributed by atoms with Crippen molar-refractivity contribution < 1.29 is 16.8 Å². The van der Waals surface area contributed by atoms with Gasteiger partial charge in [0.25, 0.3) is 0 Å². The van der Waals surface area contributed by atoms with Crippen LogP contribution in [0.1, 0.15) is 11.1 Å². The fourth-order valence-corrected chi connectivity index (χ4v) is 4.08. The molecule has 6 nitrogen and oxygen atoms in total. The summed E-state index contributed by atoms with van der Waals surface area (Å²) in [6.45, 7) is 2.12. The zero-order valence-corrected chi connectivity index (χ0v) is 15.8. The number of rotatable bonds is 8. The predicted octanol–water partition coefficient (Wildman–Crippen LogP) is 1.74. The fraction of sp³-hybridized carbons (Fsp3) is 0.294. The van der Waals surface area contributed by atoms with Crippen LogP contribution in [0.25, 0.3) is 0 Å².